The van der Waals surface area contributed by atoms with Gasteiger partial charge in [0.2, 0.25) is 5.91 Å². The van der Waals surface area contributed by atoms with Crippen LogP contribution in [0.2, 0.25) is 0 Å². The first-order valence-electron chi connectivity index (χ1n) is 5.31. The lowest BCUT2D eigenvalue weighted by molar-refractivity contribution is -0.132. The molecule has 0 heterocycles. The number of alkyl carbamates (subject to hydrolysis) is 1. The standard InChI is InChI=1S/C11H20N2O4/c1-11(2,3)17-10(16)12-8(6-7-14)9(15)13(4)5/h7-8H,6H2,1-5H3,(H,12,16). The maximum atomic E-state index is 11.6. The molecule has 6 nitrogen and oxygen atoms in total. The average Bonchev–Trinajstić information content (AvgIpc) is 2.12. The Bertz CT molecular complexity index is 294. The summed E-state index contributed by atoms with van der Waals surface area (Å²) in [6.07, 6.45) is -0.195. The van der Waals surface area contributed by atoms with E-state index in [4.69, 9.17) is 4.74 Å². The zero-order chi connectivity index (χ0) is 13.6. The molecule has 0 saturated carbocycles. The smallest absolute Gasteiger partial charge is 0.408 e. The molecule has 1 unspecified atom stereocenters. The van der Waals surface area contributed by atoms with E-state index in [1.165, 1.54) is 4.90 Å². The predicted molar refractivity (Wildman–Crippen MR) is 62.5 cm³/mol. The van der Waals surface area contributed by atoms with Gasteiger partial charge >= 0.3 is 6.09 Å². The normalized spacial score (nSPS) is 12.5. The Labute approximate surface area is 101 Å². The molecule has 0 saturated heterocycles. The number of amides is 2. The lowest BCUT2D eigenvalue weighted by atomic mass is 10.2. The quantitative estimate of drug-likeness (QED) is 0.733. The number of nitrogens with zero attached hydrogens (tertiary/aromatic N) is 1. The van der Waals surface area contributed by atoms with Gasteiger partial charge < -0.3 is 19.7 Å². The number of likely N-dealkylation sites (N-methyl/N-ethyl adjacent to an activating group) is 1. The molecule has 17 heavy (non-hydrogen) atoms. The van der Waals surface area contributed by atoms with Gasteiger partial charge in [-0.2, -0.15) is 0 Å². The molecule has 98 valence electrons. The lowest BCUT2D eigenvalue weighted by Gasteiger charge is -2.23. The van der Waals surface area contributed by atoms with Crippen molar-refractivity contribution in [2.75, 3.05) is 14.1 Å². The van der Waals surface area contributed by atoms with Crippen molar-refractivity contribution in [3.05, 3.63) is 0 Å². The van der Waals surface area contributed by atoms with Crippen molar-refractivity contribution in [2.24, 2.45) is 0 Å². The van der Waals surface area contributed by atoms with Crippen LogP contribution in [-0.4, -0.2) is 48.9 Å². The van der Waals surface area contributed by atoms with E-state index in [0.717, 1.165) is 0 Å². The second-order valence-electron chi connectivity index (χ2n) is 4.83. The number of ether oxygens (including phenoxy) is 1. The SMILES string of the molecule is CN(C)C(=O)C(CC=O)NC(=O)OC(C)(C)C. The molecule has 0 aliphatic heterocycles. The van der Waals surface area contributed by atoms with Crippen LogP contribution in [0.3, 0.4) is 0 Å². The van der Waals surface area contributed by atoms with E-state index in [1.807, 2.05) is 0 Å². The molecule has 6 heteroatoms. The van der Waals surface area contributed by atoms with E-state index in [2.05, 4.69) is 5.32 Å². The monoisotopic (exact) mass is 244 g/mol. The number of rotatable bonds is 4. The van der Waals surface area contributed by atoms with Gasteiger partial charge in [0.05, 0.1) is 0 Å². The molecule has 0 bridgehead atoms. The molecule has 0 rings (SSSR count). The summed E-state index contributed by atoms with van der Waals surface area (Å²) in [5.74, 6) is -0.344. The van der Waals surface area contributed by atoms with Crippen LogP contribution in [0.5, 0.6) is 0 Å². The summed E-state index contributed by atoms with van der Waals surface area (Å²) in [5, 5.41) is 2.37. The second-order valence-corrected chi connectivity index (χ2v) is 4.83. The Kier molecular flexibility index (Phi) is 5.64. The predicted octanol–water partition coefficient (Wildman–Crippen LogP) is 0.557. The fourth-order valence-corrected chi connectivity index (χ4v) is 1.08. The fraction of sp³-hybridized carbons (Fsp3) is 0.727. The molecule has 1 atom stereocenters. The van der Waals surface area contributed by atoms with Gasteiger partial charge in [-0.3, -0.25) is 4.79 Å². The average molecular weight is 244 g/mol. The summed E-state index contributed by atoms with van der Waals surface area (Å²) in [6.45, 7) is 5.15. The first-order chi connectivity index (χ1) is 7.67. The van der Waals surface area contributed by atoms with Gasteiger partial charge in [-0.25, -0.2) is 4.79 Å². The maximum absolute atomic E-state index is 11.6. The zero-order valence-electron chi connectivity index (χ0n) is 10.9. The lowest BCUT2D eigenvalue weighted by Crippen LogP contribution is -2.47. The van der Waals surface area contributed by atoms with E-state index in [-0.39, 0.29) is 12.3 Å². The van der Waals surface area contributed by atoms with E-state index in [1.54, 1.807) is 34.9 Å². The van der Waals surface area contributed by atoms with Gasteiger partial charge in [0.25, 0.3) is 0 Å². The van der Waals surface area contributed by atoms with Gasteiger partial charge in [0, 0.05) is 20.5 Å². The summed E-state index contributed by atoms with van der Waals surface area (Å²) in [6, 6.07) is -0.877. The van der Waals surface area contributed by atoms with Crippen molar-refractivity contribution < 1.29 is 19.1 Å². The molecule has 0 aromatic rings. The van der Waals surface area contributed by atoms with Crippen LogP contribution in [0.15, 0.2) is 0 Å². The largest absolute Gasteiger partial charge is 0.444 e. The summed E-state index contributed by atoms with van der Waals surface area (Å²) in [4.78, 5) is 34.8. The molecular formula is C11H20N2O4. The molecular weight excluding hydrogens is 224 g/mol. The van der Waals surface area contributed by atoms with Gasteiger partial charge in [-0.15, -0.1) is 0 Å². The Hall–Kier alpha value is -1.59. The first kappa shape index (κ1) is 15.4. The number of hydrogen-bond acceptors (Lipinski definition) is 4. The third-order valence-corrected chi connectivity index (χ3v) is 1.76. The molecule has 0 fully saturated rings. The molecule has 0 spiro atoms. The van der Waals surface area contributed by atoms with Crippen molar-refractivity contribution in [3.8, 4) is 0 Å². The maximum Gasteiger partial charge on any atom is 0.408 e. The van der Waals surface area contributed by atoms with Crippen LogP contribution in [-0.2, 0) is 14.3 Å². The van der Waals surface area contributed by atoms with Crippen LogP contribution < -0.4 is 5.32 Å². The molecule has 0 aromatic carbocycles. The Balaban J connectivity index is 4.50. The van der Waals surface area contributed by atoms with Crippen molar-refractivity contribution in [2.45, 2.75) is 38.8 Å². The topological polar surface area (TPSA) is 75.7 Å². The molecule has 0 aliphatic carbocycles. The minimum Gasteiger partial charge on any atom is -0.444 e. The molecule has 0 radical (unpaired) electrons. The zero-order valence-corrected chi connectivity index (χ0v) is 10.9. The van der Waals surface area contributed by atoms with Crippen LogP contribution in [0, 0.1) is 0 Å². The summed E-state index contributed by atoms with van der Waals surface area (Å²) in [7, 11) is 3.10. The fourth-order valence-electron chi connectivity index (χ4n) is 1.08. The number of nitrogens with one attached hydrogen (secondary N) is 1. The second kappa shape index (κ2) is 6.22. The van der Waals surface area contributed by atoms with E-state index in [9.17, 15) is 14.4 Å². The van der Waals surface area contributed by atoms with Crippen molar-refractivity contribution in [1.29, 1.82) is 0 Å². The number of carbonyl (C=O) groups is 3. The molecule has 1 N–H and O–H groups in total. The van der Waals surface area contributed by atoms with Crippen molar-refractivity contribution >= 4 is 18.3 Å². The highest BCUT2D eigenvalue weighted by atomic mass is 16.6. The molecule has 0 aromatic heterocycles. The Morgan fingerprint density at radius 3 is 2.24 bits per heavy atom. The Morgan fingerprint density at radius 1 is 1.35 bits per heavy atom. The molecule has 0 aliphatic rings. The van der Waals surface area contributed by atoms with E-state index < -0.39 is 17.7 Å². The van der Waals surface area contributed by atoms with Gasteiger partial charge in [-0.1, -0.05) is 0 Å². The minimum absolute atomic E-state index is 0.0732. The van der Waals surface area contributed by atoms with Crippen molar-refractivity contribution in [1.82, 2.24) is 10.2 Å². The van der Waals surface area contributed by atoms with Crippen LogP contribution >= 0.6 is 0 Å². The van der Waals surface area contributed by atoms with Crippen LogP contribution in [0.25, 0.3) is 0 Å². The van der Waals surface area contributed by atoms with E-state index >= 15 is 0 Å². The first-order valence-corrected chi connectivity index (χ1v) is 5.31. The van der Waals surface area contributed by atoms with E-state index in [0.29, 0.717) is 6.29 Å². The highest BCUT2D eigenvalue weighted by Crippen LogP contribution is 2.07. The summed E-state index contributed by atoms with van der Waals surface area (Å²) in [5.41, 5.74) is -0.642. The third kappa shape index (κ3) is 6.55. The summed E-state index contributed by atoms with van der Waals surface area (Å²) >= 11 is 0. The highest BCUT2D eigenvalue weighted by Gasteiger charge is 2.24. The number of hydrogen-bond donors (Lipinski definition) is 1. The highest BCUT2D eigenvalue weighted by molar-refractivity contribution is 5.87. The minimum atomic E-state index is -0.877. The summed E-state index contributed by atoms with van der Waals surface area (Å²) < 4.78 is 5.01. The van der Waals surface area contributed by atoms with Gasteiger partial charge in [0.1, 0.15) is 17.9 Å². The Morgan fingerprint density at radius 2 is 1.88 bits per heavy atom. The third-order valence-electron chi connectivity index (χ3n) is 1.76. The van der Waals surface area contributed by atoms with Gasteiger partial charge in [-0.05, 0) is 20.8 Å². The van der Waals surface area contributed by atoms with Crippen molar-refractivity contribution in [3.63, 3.8) is 0 Å². The van der Waals surface area contributed by atoms with Crippen LogP contribution in [0.1, 0.15) is 27.2 Å². The number of carbonyl (C=O) groups excluding carboxylic acids is 3. The number of aldehydes is 1. The van der Waals surface area contributed by atoms with Crippen LogP contribution in [0.4, 0.5) is 4.79 Å². The molecule has 2 amide bonds. The van der Waals surface area contributed by atoms with Gasteiger partial charge in [0.15, 0.2) is 0 Å².